The van der Waals surface area contributed by atoms with E-state index in [1.54, 1.807) is 12.2 Å². The van der Waals surface area contributed by atoms with E-state index in [0.29, 0.717) is 11.9 Å². The molecule has 2 radical (unpaired) electrons. The molecule has 0 N–H and O–H groups in total. The summed E-state index contributed by atoms with van der Waals surface area (Å²) in [6.07, 6.45) is 7.25. The molecule has 0 saturated carbocycles. The van der Waals surface area contributed by atoms with Crippen molar-refractivity contribution in [1.29, 1.82) is 0 Å². The van der Waals surface area contributed by atoms with Crippen LogP contribution >= 0.6 is 0 Å². The first-order valence-corrected chi connectivity index (χ1v) is 4.05. The van der Waals surface area contributed by atoms with E-state index in [-0.39, 0.29) is 6.61 Å². The Bertz CT molecular complexity index is 239. The first-order valence-electron chi connectivity index (χ1n) is 4.05. The minimum atomic E-state index is 0.285. The molecule has 0 aliphatic rings. The summed E-state index contributed by atoms with van der Waals surface area (Å²) in [6.45, 7) is 4.44. The summed E-state index contributed by atoms with van der Waals surface area (Å²) >= 11 is 0. The Hall–Kier alpha value is -1.25. The number of carbonyl (C=O) groups is 1. The van der Waals surface area contributed by atoms with Crippen molar-refractivity contribution in [2.45, 2.75) is 13.8 Å². The van der Waals surface area contributed by atoms with Crippen molar-refractivity contribution in [3.63, 3.8) is 0 Å². The topological polar surface area (TPSA) is 26.3 Å². The summed E-state index contributed by atoms with van der Waals surface area (Å²) in [6, 6.07) is 0. The Morgan fingerprint density at radius 1 is 1.31 bits per heavy atom. The first kappa shape index (κ1) is 11.8. The second kappa shape index (κ2) is 7.41. The van der Waals surface area contributed by atoms with Crippen LogP contribution in [0, 0.1) is 0 Å². The van der Waals surface area contributed by atoms with Gasteiger partial charge in [-0.1, -0.05) is 24.3 Å². The predicted octanol–water partition coefficient (Wildman–Crippen LogP) is 1.73. The van der Waals surface area contributed by atoms with E-state index in [0.717, 1.165) is 5.57 Å². The molecule has 0 heterocycles. The van der Waals surface area contributed by atoms with Crippen molar-refractivity contribution >= 4 is 14.3 Å². The standard InChI is InChI=1S/C10H13BO2/c1-3-9(7-13-8-12)5-6-10(11)4-2/h3-6,8H,7H2,1-2H3/b6-5-,9-3+,10-4+. The van der Waals surface area contributed by atoms with Gasteiger partial charge in [-0.15, -0.1) is 5.47 Å². The molecular weight excluding hydrogens is 163 g/mol. The van der Waals surface area contributed by atoms with Crippen molar-refractivity contribution in [1.82, 2.24) is 0 Å². The van der Waals surface area contributed by atoms with Crippen LogP contribution in [-0.2, 0) is 9.53 Å². The van der Waals surface area contributed by atoms with Gasteiger partial charge in [-0.25, -0.2) is 0 Å². The van der Waals surface area contributed by atoms with E-state index in [1.165, 1.54) is 0 Å². The zero-order valence-corrected chi connectivity index (χ0v) is 7.99. The molecule has 13 heavy (non-hydrogen) atoms. The molecule has 3 heteroatoms. The summed E-state index contributed by atoms with van der Waals surface area (Å²) in [5, 5.41) is 0. The SMILES string of the molecule is [B]C(/C=C\C(=C/C)COC=O)=C/C. The van der Waals surface area contributed by atoms with Crippen molar-refractivity contribution in [3.05, 3.63) is 35.3 Å². The summed E-state index contributed by atoms with van der Waals surface area (Å²) in [5.74, 6) is 0. The number of allylic oxidation sites excluding steroid dienone is 4. The first-order chi connectivity index (χ1) is 6.24. The van der Waals surface area contributed by atoms with Crippen LogP contribution in [0.1, 0.15) is 13.8 Å². The highest BCUT2D eigenvalue weighted by Gasteiger charge is 1.89. The third kappa shape index (κ3) is 5.97. The van der Waals surface area contributed by atoms with Crippen LogP contribution in [0.2, 0.25) is 0 Å². The van der Waals surface area contributed by atoms with Gasteiger partial charge in [0.15, 0.2) is 0 Å². The lowest BCUT2D eigenvalue weighted by Crippen LogP contribution is -1.93. The molecule has 0 aliphatic heterocycles. The van der Waals surface area contributed by atoms with Gasteiger partial charge in [-0.2, -0.15) is 0 Å². The molecule has 0 spiro atoms. The number of carbonyl (C=O) groups excluding carboxylic acids is 1. The molecule has 0 rings (SSSR count). The van der Waals surface area contributed by atoms with Gasteiger partial charge in [0, 0.05) is 0 Å². The number of hydrogen-bond donors (Lipinski definition) is 0. The average Bonchev–Trinajstić information content (AvgIpc) is 2.17. The lowest BCUT2D eigenvalue weighted by molar-refractivity contribution is -0.127. The predicted molar refractivity (Wildman–Crippen MR) is 54.4 cm³/mol. The normalized spacial score (nSPS) is 13.4. The van der Waals surface area contributed by atoms with Crippen molar-refractivity contribution in [2.24, 2.45) is 0 Å². The van der Waals surface area contributed by atoms with E-state index in [9.17, 15) is 4.79 Å². The van der Waals surface area contributed by atoms with Gasteiger partial charge in [0.25, 0.3) is 6.47 Å². The Morgan fingerprint density at radius 3 is 2.46 bits per heavy atom. The smallest absolute Gasteiger partial charge is 0.293 e. The summed E-state index contributed by atoms with van der Waals surface area (Å²) in [7, 11) is 5.54. The minimum Gasteiger partial charge on any atom is -0.463 e. The summed E-state index contributed by atoms with van der Waals surface area (Å²) in [4.78, 5) is 9.91. The van der Waals surface area contributed by atoms with Crippen LogP contribution in [0.5, 0.6) is 0 Å². The third-order valence-corrected chi connectivity index (χ3v) is 1.51. The second-order valence-electron chi connectivity index (χ2n) is 2.39. The monoisotopic (exact) mass is 176 g/mol. The minimum absolute atomic E-state index is 0.285. The molecule has 68 valence electrons. The van der Waals surface area contributed by atoms with E-state index in [1.807, 2.05) is 26.0 Å². The molecule has 2 nitrogen and oxygen atoms in total. The lowest BCUT2D eigenvalue weighted by atomic mass is 9.94. The molecule has 0 bridgehead atoms. The third-order valence-electron chi connectivity index (χ3n) is 1.51. The van der Waals surface area contributed by atoms with Crippen molar-refractivity contribution < 1.29 is 9.53 Å². The largest absolute Gasteiger partial charge is 0.463 e. The van der Waals surface area contributed by atoms with Gasteiger partial charge in [0.05, 0.1) is 0 Å². The van der Waals surface area contributed by atoms with Crippen molar-refractivity contribution in [3.8, 4) is 0 Å². The molecule has 0 aromatic rings. The molecule has 0 unspecified atom stereocenters. The summed E-state index contributed by atoms with van der Waals surface area (Å²) in [5.41, 5.74) is 1.60. The Kier molecular flexibility index (Phi) is 6.70. The second-order valence-corrected chi connectivity index (χ2v) is 2.39. The fraction of sp³-hybridized carbons (Fsp3) is 0.300. The fourth-order valence-corrected chi connectivity index (χ4v) is 0.657. The van der Waals surface area contributed by atoms with Gasteiger partial charge < -0.3 is 4.74 Å². The lowest BCUT2D eigenvalue weighted by Gasteiger charge is -1.98. The maximum absolute atomic E-state index is 9.91. The molecular formula is C10H13BO2. The van der Waals surface area contributed by atoms with E-state index < -0.39 is 0 Å². The van der Waals surface area contributed by atoms with Gasteiger partial charge in [-0.3, -0.25) is 4.79 Å². The zero-order chi connectivity index (χ0) is 10.1. The Labute approximate surface area is 80.4 Å². The van der Waals surface area contributed by atoms with Gasteiger partial charge >= 0.3 is 0 Å². The zero-order valence-electron chi connectivity index (χ0n) is 7.99. The van der Waals surface area contributed by atoms with E-state index >= 15 is 0 Å². The highest BCUT2D eigenvalue weighted by molar-refractivity contribution is 6.23. The Balaban J connectivity index is 4.13. The molecule has 0 aliphatic carbocycles. The van der Waals surface area contributed by atoms with Crippen LogP contribution in [0.4, 0.5) is 0 Å². The number of hydrogen-bond acceptors (Lipinski definition) is 2. The fourth-order valence-electron chi connectivity index (χ4n) is 0.657. The Morgan fingerprint density at radius 2 is 2.00 bits per heavy atom. The van der Waals surface area contributed by atoms with E-state index in [4.69, 9.17) is 7.85 Å². The van der Waals surface area contributed by atoms with Crippen LogP contribution < -0.4 is 0 Å². The van der Waals surface area contributed by atoms with Crippen LogP contribution in [0.15, 0.2) is 35.3 Å². The highest BCUT2D eigenvalue weighted by Crippen LogP contribution is 1.99. The number of rotatable bonds is 5. The quantitative estimate of drug-likeness (QED) is 0.362. The van der Waals surface area contributed by atoms with Gasteiger partial charge in [0.1, 0.15) is 14.5 Å². The maximum Gasteiger partial charge on any atom is 0.293 e. The van der Waals surface area contributed by atoms with Crippen LogP contribution in [0.3, 0.4) is 0 Å². The van der Waals surface area contributed by atoms with Gasteiger partial charge in [0.2, 0.25) is 0 Å². The highest BCUT2D eigenvalue weighted by atomic mass is 16.5. The molecule has 0 atom stereocenters. The van der Waals surface area contributed by atoms with E-state index in [2.05, 4.69) is 4.74 Å². The van der Waals surface area contributed by atoms with Crippen LogP contribution in [-0.4, -0.2) is 20.9 Å². The molecule has 0 amide bonds. The van der Waals surface area contributed by atoms with Gasteiger partial charge in [-0.05, 0) is 19.4 Å². The molecule has 0 fully saturated rings. The van der Waals surface area contributed by atoms with Crippen molar-refractivity contribution in [2.75, 3.05) is 6.61 Å². The summed E-state index contributed by atoms with van der Waals surface area (Å²) < 4.78 is 4.59. The molecule has 0 aromatic carbocycles. The molecule has 0 saturated heterocycles. The number of ether oxygens (including phenoxy) is 1. The maximum atomic E-state index is 9.91. The van der Waals surface area contributed by atoms with Crippen LogP contribution in [0.25, 0.3) is 0 Å². The average molecular weight is 176 g/mol. The molecule has 0 aromatic heterocycles.